The number of imidazole rings is 1. The molecule has 1 aliphatic heterocycles. The van der Waals surface area contributed by atoms with E-state index in [-0.39, 0.29) is 6.04 Å². The lowest BCUT2D eigenvalue weighted by Gasteiger charge is -2.36. The largest absolute Gasteiger partial charge is 0.467 e. The number of nitrogens with zero attached hydrogens (tertiary/aromatic N) is 3. The third kappa shape index (κ3) is 3.33. The fourth-order valence-corrected chi connectivity index (χ4v) is 3.50. The first-order valence-corrected chi connectivity index (χ1v) is 8.67. The maximum absolute atomic E-state index is 10.4. The first-order valence-electron chi connectivity index (χ1n) is 8.67. The fourth-order valence-electron chi connectivity index (χ4n) is 3.50. The molecule has 1 fully saturated rings. The molecule has 2 unspecified atom stereocenters. The Morgan fingerprint density at radius 3 is 3.12 bits per heavy atom. The van der Waals surface area contributed by atoms with Gasteiger partial charge in [-0.2, -0.15) is 0 Å². The van der Waals surface area contributed by atoms with Crippen molar-refractivity contribution in [1.29, 1.82) is 0 Å². The minimum atomic E-state index is -0.617. The molecule has 0 spiro atoms. The molecule has 3 aromatic rings. The topological polar surface area (TPSA) is 63.1 Å². The zero-order chi connectivity index (χ0) is 17.2. The Balaban J connectivity index is 1.51. The van der Waals surface area contributed by atoms with Crippen molar-refractivity contribution in [2.24, 2.45) is 0 Å². The van der Waals surface area contributed by atoms with E-state index in [1.54, 1.807) is 12.3 Å². The fraction of sp³-hybridized carbons (Fsp3) is 0.421. The van der Waals surface area contributed by atoms with Crippen LogP contribution in [0.5, 0.6) is 0 Å². The molecule has 0 bridgehead atoms. The molecular weight excluding hydrogens is 318 g/mol. The van der Waals surface area contributed by atoms with Crippen LogP contribution in [0.15, 0.2) is 47.3 Å². The number of aliphatic hydroxyl groups excluding tert-OH is 1. The SMILES string of the molecule is Cc1cccn2c(CN3CCOCC3CC(O)c3ccco3)cnc12. The van der Waals surface area contributed by atoms with E-state index in [9.17, 15) is 5.11 Å². The standard InChI is InChI=1S/C19H23N3O3/c1-14-4-2-6-22-16(11-20-19(14)22)12-21-7-9-24-13-15(21)10-17(23)18-5-3-8-25-18/h2-6,8,11,15,17,23H,7,9-10,12-13H2,1H3. The number of aliphatic hydroxyl groups is 1. The summed E-state index contributed by atoms with van der Waals surface area (Å²) in [6.45, 7) is 5.03. The van der Waals surface area contributed by atoms with E-state index in [0.717, 1.165) is 24.4 Å². The molecule has 4 rings (SSSR count). The van der Waals surface area contributed by atoms with Crippen LogP contribution in [0.4, 0.5) is 0 Å². The van der Waals surface area contributed by atoms with Gasteiger partial charge in [-0.25, -0.2) is 4.98 Å². The second kappa shape index (κ2) is 7.00. The van der Waals surface area contributed by atoms with Crippen molar-refractivity contribution >= 4 is 5.65 Å². The van der Waals surface area contributed by atoms with Gasteiger partial charge in [-0.15, -0.1) is 0 Å². The Kier molecular flexibility index (Phi) is 4.57. The second-order valence-electron chi connectivity index (χ2n) is 6.60. The normalized spacial score (nSPS) is 20.2. The monoisotopic (exact) mass is 341 g/mol. The molecule has 6 heteroatoms. The van der Waals surface area contributed by atoms with E-state index in [4.69, 9.17) is 9.15 Å². The molecule has 0 aromatic carbocycles. The van der Waals surface area contributed by atoms with Gasteiger partial charge in [0.2, 0.25) is 0 Å². The average molecular weight is 341 g/mol. The van der Waals surface area contributed by atoms with E-state index in [2.05, 4.69) is 33.5 Å². The number of aryl methyl sites for hydroxylation is 1. The summed E-state index contributed by atoms with van der Waals surface area (Å²) in [5.74, 6) is 0.607. The molecule has 4 heterocycles. The first kappa shape index (κ1) is 16.3. The number of fused-ring (bicyclic) bond motifs is 1. The average Bonchev–Trinajstić information content (AvgIpc) is 3.28. The van der Waals surface area contributed by atoms with Crippen LogP contribution in [0, 0.1) is 6.92 Å². The van der Waals surface area contributed by atoms with Crippen LogP contribution in [-0.4, -0.2) is 45.2 Å². The number of hydrogen-bond donors (Lipinski definition) is 1. The third-order valence-electron chi connectivity index (χ3n) is 4.89. The predicted molar refractivity (Wildman–Crippen MR) is 93.2 cm³/mol. The van der Waals surface area contributed by atoms with Crippen molar-refractivity contribution in [2.45, 2.75) is 32.0 Å². The van der Waals surface area contributed by atoms with Crippen LogP contribution in [0.2, 0.25) is 0 Å². The summed E-state index contributed by atoms with van der Waals surface area (Å²) < 4.78 is 13.1. The molecule has 132 valence electrons. The van der Waals surface area contributed by atoms with E-state index in [1.165, 1.54) is 5.56 Å². The zero-order valence-electron chi connectivity index (χ0n) is 14.3. The van der Waals surface area contributed by atoms with Crippen molar-refractivity contribution in [1.82, 2.24) is 14.3 Å². The van der Waals surface area contributed by atoms with Gasteiger partial charge in [-0.05, 0) is 37.1 Å². The van der Waals surface area contributed by atoms with E-state index in [0.29, 0.717) is 25.4 Å². The van der Waals surface area contributed by atoms with Gasteiger partial charge in [-0.3, -0.25) is 4.90 Å². The summed E-state index contributed by atoms with van der Waals surface area (Å²) in [4.78, 5) is 6.91. The maximum atomic E-state index is 10.4. The van der Waals surface area contributed by atoms with Crippen LogP contribution in [0.25, 0.3) is 5.65 Å². The molecule has 25 heavy (non-hydrogen) atoms. The highest BCUT2D eigenvalue weighted by Crippen LogP contribution is 2.24. The van der Waals surface area contributed by atoms with E-state index >= 15 is 0 Å². The summed E-state index contributed by atoms with van der Waals surface area (Å²) in [7, 11) is 0. The summed E-state index contributed by atoms with van der Waals surface area (Å²) in [6, 6.07) is 7.87. The van der Waals surface area contributed by atoms with Crippen molar-refractivity contribution in [3.8, 4) is 0 Å². The number of rotatable bonds is 5. The molecule has 2 atom stereocenters. The minimum absolute atomic E-state index is 0.143. The quantitative estimate of drug-likeness (QED) is 0.773. The highest BCUT2D eigenvalue weighted by molar-refractivity contribution is 5.48. The van der Waals surface area contributed by atoms with Crippen LogP contribution >= 0.6 is 0 Å². The number of hydrogen-bond acceptors (Lipinski definition) is 5. The van der Waals surface area contributed by atoms with Gasteiger partial charge in [0, 0.05) is 25.3 Å². The van der Waals surface area contributed by atoms with Crippen molar-refractivity contribution in [2.75, 3.05) is 19.8 Å². The second-order valence-corrected chi connectivity index (χ2v) is 6.60. The smallest absolute Gasteiger partial charge is 0.139 e. The van der Waals surface area contributed by atoms with Gasteiger partial charge in [0.15, 0.2) is 0 Å². The van der Waals surface area contributed by atoms with Gasteiger partial charge in [-0.1, -0.05) is 6.07 Å². The van der Waals surface area contributed by atoms with Gasteiger partial charge in [0.25, 0.3) is 0 Å². The Morgan fingerprint density at radius 1 is 1.36 bits per heavy atom. The van der Waals surface area contributed by atoms with Crippen molar-refractivity contribution in [3.05, 3.63) is 59.9 Å². The lowest BCUT2D eigenvalue weighted by atomic mass is 10.1. The molecule has 0 amide bonds. The molecule has 1 aliphatic rings. The lowest BCUT2D eigenvalue weighted by molar-refractivity contribution is -0.0328. The molecule has 0 aliphatic carbocycles. The number of pyridine rings is 1. The molecule has 1 N–H and O–H groups in total. The van der Waals surface area contributed by atoms with Crippen LogP contribution in [0.3, 0.4) is 0 Å². The lowest BCUT2D eigenvalue weighted by Crippen LogP contribution is -2.45. The maximum Gasteiger partial charge on any atom is 0.139 e. The van der Waals surface area contributed by atoms with E-state index < -0.39 is 6.10 Å². The predicted octanol–water partition coefficient (Wildman–Crippen LogP) is 2.56. The summed E-state index contributed by atoms with van der Waals surface area (Å²) >= 11 is 0. The van der Waals surface area contributed by atoms with Gasteiger partial charge in [0.1, 0.15) is 17.5 Å². The summed E-state index contributed by atoms with van der Waals surface area (Å²) in [6.07, 6.45) is 5.56. The van der Waals surface area contributed by atoms with Crippen LogP contribution in [0.1, 0.15) is 29.5 Å². The number of aromatic nitrogens is 2. The Labute approximate surface area is 146 Å². The number of furan rings is 1. The summed E-state index contributed by atoms with van der Waals surface area (Å²) in [5.41, 5.74) is 3.32. The highest BCUT2D eigenvalue weighted by atomic mass is 16.5. The Morgan fingerprint density at radius 2 is 2.28 bits per heavy atom. The molecule has 6 nitrogen and oxygen atoms in total. The number of ether oxygens (including phenoxy) is 1. The first-order chi connectivity index (χ1) is 12.2. The highest BCUT2D eigenvalue weighted by Gasteiger charge is 2.27. The Bertz CT molecular complexity index is 828. The number of morpholine rings is 1. The molecule has 0 radical (unpaired) electrons. The molecule has 1 saturated heterocycles. The van der Waals surface area contributed by atoms with Crippen molar-refractivity contribution in [3.63, 3.8) is 0 Å². The van der Waals surface area contributed by atoms with Crippen LogP contribution < -0.4 is 0 Å². The molecular formula is C19H23N3O3. The Hall–Kier alpha value is -2.15. The minimum Gasteiger partial charge on any atom is -0.467 e. The van der Waals surface area contributed by atoms with E-state index in [1.807, 2.05) is 18.3 Å². The summed E-state index contributed by atoms with van der Waals surface area (Å²) in [5, 5.41) is 10.4. The molecule has 3 aromatic heterocycles. The van der Waals surface area contributed by atoms with Gasteiger partial charge < -0.3 is 18.7 Å². The van der Waals surface area contributed by atoms with Gasteiger partial charge >= 0.3 is 0 Å². The third-order valence-corrected chi connectivity index (χ3v) is 4.89. The van der Waals surface area contributed by atoms with Crippen LogP contribution in [-0.2, 0) is 11.3 Å². The van der Waals surface area contributed by atoms with Gasteiger partial charge in [0.05, 0.1) is 31.4 Å². The van der Waals surface area contributed by atoms with Crippen molar-refractivity contribution < 1.29 is 14.3 Å². The zero-order valence-corrected chi connectivity index (χ0v) is 14.3. The molecule has 0 saturated carbocycles.